The fourth-order valence-corrected chi connectivity index (χ4v) is 2.64. The van der Waals surface area contributed by atoms with Gasteiger partial charge < -0.3 is 9.40 Å². The van der Waals surface area contributed by atoms with Crippen LogP contribution in [0.15, 0.2) is 59.0 Å². The van der Waals surface area contributed by atoms with E-state index in [-0.39, 0.29) is 5.69 Å². The summed E-state index contributed by atoms with van der Waals surface area (Å²) in [6, 6.07) is 15.2. The van der Waals surface area contributed by atoms with Gasteiger partial charge >= 0.3 is 0 Å². The molecule has 7 heteroatoms. The van der Waals surface area contributed by atoms with Crippen molar-refractivity contribution in [2.75, 3.05) is 0 Å². The summed E-state index contributed by atoms with van der Waals surface area (Å²) in [4.78, 5) is 17.9. The molecule has 2 aromatic heterocycles. The molecule has 6 nitrogen and oxygen atoms in total. The van der Waals surface area contributed by atoms with Crippen molar-refractivity contribution in [3.05, 3.63) is 69.7 Å². The minimum Gasteiger partial charge on any atom is -0.453 e. The van der Waals surface area contributed by atoms with E-state index >= 15 is 0 Å². The number of furan rings is 1. The van der Waals surface area contributed by atoms with Gasteiger partial charge in [0.2, 0.25) is 0 Å². The fourth-order valence-electron chi connectivity index (χ4n) is 2.47. The third-order valence-corrected chi connectivity index (χ3v) is 3.88. The summed E-state index contributed by atoms with van der Waals surface area (Å²) >= 11 is 5.97. The molecule has 0 saturated heterocycles. The Bertz CT molecular complexity index is 1050. The third-order valence-electron chi connectivity index (χ3n) is 3.65. The van der Waals surface area contributed by atoms with E-state index < -0.39 is 4.92 Å². The molecule has 0 radical (unpaired) electrons. The van der Waals surface area contributed by atoms with Gasteiger partial charge in [-0.2, -0.15) is 0 Å². The Labute approximate surface area is 140 Å². The third kappa shape index (κ3) is 2.53. The fraction of sp³-hybridized carbons (Fsp3) is 0. The lowest BCUT2D eigenvalue weighted by Gasteiger charge is -1.96. The number of hydrogen-bond acceptors (Lipinski definition) is 4. The Morgan fingerprint density at radius 3 is 2.54 bits per heavy atom. The minimum absolute atomic E-state index is 0.0414. The number of aromatic nitrogens is 2. The van der Waals surface area contributed by atoms with Crippen LogP contribution in [0.2, 0.25) is 5.02 Å². The van der Waals surface area contributed by atoms with Crippen molar-refractivity contribution in [2.24, 2.45) is 0 Å². The predicted octanol–water partition coefficient (Wildman–Crippen LogP) is 5.05. The molecule has 24 heavy (non-hydrogen) atoms. The Hall–Kier alpha value is -3.12. The number of nitro groups is 1. The highest BCUT2D eigenvalue weighted by molar-refractivity contribution is 6.31. The largest absolute Gasteiger partial charge is 0.453 e. The van der Waals surface area contributed by atoms with Gasteiger partial charge in [-0.15, -0.1) is 0 Å². The molecule has 2 heterocycles. The van der Waals surface area contributed by atoms with Crippen LogP contribution in [-0.4, -0.2) is 14.9 Å². The van der Waals surface area contributed by atoms with Gasteiger partial charge in [0.15, 0.2) is 11.6 Å². The predicted molar refractivity (Wildman–Crippen MR) is 90.9 cm³/mol. The molecule has 118 valence electrons. The van der Waals surface area contributed by atoms with Crippen LogP contribution in [0, 0.1) is 10.1 Å². The molecule has 4 aromatic rings. The van der Waals surface area contributed by atoms with Gasteiger partial charge in [-0.1, -0.05) is 11.6 Å². The molecule has 0 saturated carbocycles. The van der Waals surface area contributed by atoms with E-state index in [1.54, 1.807) is 36.4 Å². The Morgan fingerprint density at radius 2 is 1.79 bits per heavy atom. The molecular formula is C17H10ClN3O3. The number of imidazole rings is 1. The summed E-state index contributed by atoms with van der Waals surface area (Å²) in [6.07, 6.45) is 0. The molecule has 0 amide bonds. The van der Waals surface area contributed by atoms with E-state index in [2.05, 4.69) is 9.97 Å². The van der Waals surface area contributed by atoms with Crippen LogP contribution in [0.5, 0.6) is 0 Å². The van der Waals surface area contributed by atoms with Gasteiger partial charge in [0.25, 0.3) is 5.69 Å². The van der Waals surface area contributed by atoms with Crippen molar-refractivity contribution in [1.82, 2.24) is 9.97 Å². The highest BCUT2D eigenvalue weighted by Crippen LogP contribution is 2.29. The first kappa shape index (κ1) is 14.5. The van der Waals surface area contributed by atoms with Crippen molar-refractivity contribution in [2.45, 2.75) is 0 Å². The number of fused-ring (bicyclic) bond motifs is 1. The standard InChI is InChI=1S/C17H10ClN3O3/c18-11-3-6-13-14(9-11)20-17(19-13)16-8-7-15(24-16)10-1-4-12(5-2-10)21(22)23/h1-9H,(H,19,20). The van der Waals surface area contributed by atoms with Gasteiger partial charge in [-0.25, -0.2) is 4.98 Å². The van der Waals surface area contributed by atoms with Gasteiger partial charge in [0, 0.05) is 22.7 Å². The van der Waals surface area contributed by atoms with Crippen LogP contribution in [0.1, 0.15) is 0 Å². The maximum Gasteiger partial charge on any atom is 0.269 e. The summed E-state index contributed by atoms with van der Waals surface area (Å²) in [7, 11) is 0. The average molecular weight is 340 g/mol. The van der Waals surface area contributed by atoms with E-state index in [0.29, 0.717) is 22.4 Å². The summed E-state index contributed by atoms with van der Waals surface area (Å²) < 4.78 is 5.82. The molecular weight excluding hydrogens is 330 g/mol. The number of aromatic amines is 1. The van der Waals surface area contributed by atoms with Crippen LogP contribution >= 0.6 is 11.6 Å². The number of non-ortho nitro benzene ring substituents is 1. The minimum atomic E-state index is -0.434. The monoisotopic (exact) mass is 339 g/mol. The van der Waals surface area contributed by atoms with E-state index in [1.807, 2.05) is 6.07 Å². The van der Waals surface area contributed by atoms with Crippen LogP contribution in [-0.2, 0) is 0 Å². The Morgan fingerprint density at radius 1 is 1.04 bits per heavy atom. The van der Waals surface area contributed by atoms with Gasteiger partial charge in [-0.3, -0.25) is 10.1 Å². The normalized spacial score (nSPS) is 11.0. The first-order valence-corrected chi connectivity index (χ1v) is 7.48. The maximum atomic E-state index is 10.7. The molecule has 0 unspecified atom stereocenters. The lowest BCUT2D eigenvalue weighted by molar-refractivity contribution is -0.384. The van der Waals surface area contributed by atoms with Gasteiger partial charge in [0.05, 0.1) is 16.0 Å². The first-order chi connectivity index (χ1) is 11.6. The second-order valence-electron chi connectivity index (χ2n) is 5.21. The molecule has 1 N–H and O–H groups in total. The molecule has 2 aromatic carbocycles. The molecule has 0 atom stereocenters. The molecule has 0 aliphatic rings. The van der Waals surface area contributed by atoms with E-state index in [9.17, 15) is 10.1 Å². The summed E-state index contributed by atoms with van der Waals surface area (Å²) in [5.41, 5.74) is 2.42. The molecule has 0 aliphatic heterocycles. The van der Waals surface area contributed by atoms with Crippen molar-refractivity contribution in [3.63, 3.8) is 0 Å². The second-order valence-corrected chi connectivity index (χ2v) is 5.65. The number of halogens is 1. The lowest BCUT2D eigenvalue weighted by atomic mass is 10.1. The van der Waals surface area contributed by atoms with E-state index in [4.69, 9.17) is 16.0 Å². The number of hydrogen-bond donors (Lipinski definition) is 1. The van der Waals surface area contributed by atoms with Crippen molar-refractivity contribution in [3.8, 4) is 22.9 Å². The smallest absolute Gasteiger partial charge is 0.269 e. The molecule has 4 rings (SSSR count). The highest BCUT2D eigenvalue weighted by Gasteiger charge is 2.12. The van der Waals surface area contributed by atoms with Gasteiger partial charge in [-0.05, 0) is 42.5 Å². The Balaban J connectivity index is 1.69. The van der Waals surface area contributed by atoms with Crippen LogP contribution in [0.25, 0.3) is 33.9 Å². The summed E-state index contributed by atoms with van der Waals surface area (Å²) in [6.45, 7) is 0. The number of nitrogens with zero attached hydrogens (tertiary/aromatic N) is 2. The van der Waals surface area contributed by atoms with Gasteiger partial charge in [0.1, 0.15) is 5.76 Å². The lowest BCUT2D eigenvalue weighted by Crippen LogP contribution is -1.86. The maximum absolute atomic E-state index is 10.7. The van der Waals surface area contributed by atoms with Crippen LogP contribution in [0.4, 0.5) is 5.69 Å². The first-order valence-electron chi connectivity index (χ1n) is 7.10. The van der Waals surface area contributed by atoms with Crippen molar-refractivity contribution >= 4 is 28.3 Å². The quantitative estimate of drug-likeness (QED) is 0.418. The number of nitro benzene ring substituents is 1. The summed E-state index contributed by atoms with van der Waals surface area (Å²) in [5, 5.41) is 11.3. The topological polar surface area (TPSA) is 85.0 Å². The zero-order valence-corrected chi connectivity index (χ0v) is 12.9. The highest BCUT2D eigenvalue weighted by atomic mass is 35.5. The van der Waals surface area contributed by atoms with E-state index in [1.165, 1.54) is 12.1 Å². The number of rotatable bonds is 3. The zero-order valence-electron chi connectivity index (χ0n) is 12.2. The van der Waals surface area contributed by atoms with Crippen molar-refractivity contribution in [1.29, 1.82) is 0 Å². The second kappa shape index (κ2) is 5.50. The number of benzene rings is 2. The number of H-pyrrole nitrogens is 1. The summed E-state index contributed by atoms with van der Waals surface area (Å²) in [5.74, 6) is 1.79. The molecule has 0 spiro atoms. The van der Waals surface area contributed by atoms with Crippen LogP contribution < -0.4 is 0 Å². The zero-order chi connectivity index (χ0) is 16.7. The molecule has 0 fully saturated rings. The SMILES string of the molecule is O=[N+]([O-])c1ccc(-c2ccc(-c3nc4ccc(Cl)cc4[nH]3)o2)cc1. The van der Waals surface area contributed by atoms with Crippen LogP contribution in [0.3, 0.4) is 0 Å². The average Bonchev–Trinajstić information content (AvgIpc) is 3.21. The number of nitrogens with one attached hydrogen (secondary N) is 1. The molecule has 0 aliphatic carbocycles. The molecule has 0 bridgehead atoms. The van der Waals surface area contributed by atoms with E-state index in [0.717, 1.165) is 16.6 Å². The van der Waals surface area contributed by atoms with Crippen molar-refractivity contribution < 1.29 is 9.34 Å². The Kier molecular flexibility index (Phi) is 3.32.